The fourth-order valence-corrected chi connectivity index (χ4v) is 4.41. The molecule has 106 valence electrons. The Labute approximate surface area is 121 Å². The summed E-state index contributed by atoms with van der Waals surface area (Å²) in [6.07, 6.45) is 8.41. The van der Waals surface area contributed by atoms with Crippen LogP contribution in [0.4, 0.5) is 0 Å². The number of hydrogen-bond donors (Lipinski definition) is 0. The van der Waals surface area contributed by atoms with E-state index in [0.29, 0.717) is 17.9 Å². The largest absolute Gasteiger partial charge is 0.300 e. The van der Waals surface area contributed by atoms with Gasteiger partial charge in [-0.2, -0.15) is 0 Å². The molecule has 1 aromatic carbocycles. The molecule has 2 heteroatoms. The van der Waals surface area contributed by atoms with Gasteiger partial charge >= 0.3 is 0 Å². The van der Waals surface area contributed by atoms with Gasteiger partial charge in [-0.15, -0.1) is 0 Å². The molecule has 0 saturated carbocycles. The minimum atomic E-state index is 0.264. The maximum Gasteiger partial charge on any atom is 0.166 e. The van der Waals surface area contributed by atoms with Crippen LogP contribution in [0.25, 0.3) is 0 Å². The molecule has 2 heterocycles. The van der Waals surface area contributed by atoms with Crippen LogP contribution in [0.5, 0.6) is 0 Å². The van der Waals surface area contributed by atoms with E-state index in [9.17, 15) is 4.79 Å². The molecule has 0 amide bonds. The van der Waals surface area contributed by atoms with Crippen molar-refractivity contribution < 1.29 is 4.79 Å². The number of carbonyl (C=O) groups is 1. The van der Waals surface area contributed by atoms with Crippen LogP contribution in [0.1, 0.15) is 53.6 Å². The predicted molar refractivity (Wildman–Crippen MR) is 80.1 cm³/mol. The molecular formula is C18H23NO. The molecule has 0 spiro atoms. The quantitative estimate of drug-likeness (QED) is 0.768. The van der Waals surface area contributed by atoms with Gasteiger partial charge in [-0.25, -0.2) is 0 Å². The first-order chi connectivity index (χ1) is 9.72. The first kappa shape index (κ1) is 12.6. The van der Waals surface area contributed by atoms with Gasteiger partial charge in [0, 0.05) is 23.6 Å². The number of piperidine rings is 2. The van der Waals surface area contributed by atoms with Crippen LogP contribution in [0.15, 0.2) is 18.2 Å². The fourth-order valence-electron chi connectivity index (χ4n) is 4.41. The molecule has 0 radical (unpaired) electrons. The highest BCUT2D eigenvalue weighted by molar-refractivity contribution is 5.98. The summed E-state index contributed by atoms with van der Waals surface area (Å²) >= 11 is 0. The normalized spacial score (nSPS) is 32.4. The number of carbonyl (C=O) groups excluding carboxylic acids is 1. The van der Waals surface area contributed by atoms with Crippen molar-refractivity contribution in [3.05, 3.63) is 34.9 Å². The van der Waals surface area contributed by atoms with E-state index in [1.54, 1.807) is 0 Å². The molecule has 2 bridgehead atoms. The molecule has 2 unspecified atom stereocenters. The van der Waals surface area contributed by atoms with Crippen LogP contribution in [0.3, 0.4) is 0 Å². The standard InChI is InChI=1S/C18H23NO/c1-19-16-3-2-4-17(19)11-15(10-16)18(20)14-8-6-12-5-7-13(12)9-14/h6,8-9,15-17H,2-5,7,10-11H2,1H3. The maximum absolute atomic E-state index is 12.8. The number of hydrogen-bond acceptors (Lipinski definition) is 2. The molecule has 2 saturated heterocycles. The first-order valence-electron chi connectivity index (χ1n) is 8.10. The Bertz CT molecular complexity index is 536. The third kappa shape index (κ3) is 1.93. The molecule has 4 rings (SSSR count). The lowest BCUT2D eigenvalue weighted by molar-refractivity contribution is 0.0338. The smallest absolute Gasteiger partial charge is 0.166 e. The summed E-state index contributed by atoms with van der Waals surface area (Å²) in [6.45, 7) is 0. The zero-order valence-electron chi connectivity index (χ0n) is 12.3. The van der Waals surface area contributed by atoms with Gasteiger partial charge < -0.3 is 4.90 Å². The van der Waals surface area contributed by atoms with Gasteiger partial charge in [0.2, 0.25) is 0 Å². The lowest BCUT2D eigenvalue weighted by atomic mass is 9.75. The van der Waals surface area contributed by atoms with Gasteiger partial charge in [-0.05, 0) is 62.8 Å². The van der Waals surface area contributed by atoms with Gasteiger partial charge in [0.1, 0.15) is 0 Å². The van der Waals surface area contributed by atoms with Crippen molar-refractivity contribution in [1.82, 2.24) is 4.90 Å². The van der Waals surface area contributed by atoms with Crippen molar-refractivity contribution in [2.75, 3.05) is 7.05 Å². The maximum atomic E-state index is 12.8. The van der Waals surface area contributed by atoms with E-state index in [2.05, 4.69) is 30.1 Å². The second kappa shape index (κ2) is 4.70. The van der Waals surface area contributed by atoms with Gasteiger partial charge in [0.15, 0.2) is 5.78 Å². The number of aryl methyl sites for hydroxylation is 2. The second-order valence-corrected chi connectivity index (χ2v) is 6.92. The van der Waals surface area contributed by atoms with Crippen LogP contribution in [-0.2, 0) is 12.8 Å². The summed E-state index contributed by atoms with van der Waals surface area (Å²) in [6, 6.07) is 7.68. The van der Waals surface area contributed by atoms with Crippen LogP contribution < -0.4 is 0 Å². The average Bonchev–Trinajstić information content (AvgIpc) is 2.39. The van der Waals surface area contributed by atoms with E-state index >= 15 is 0 Å². The van der Waals surface area contributed by atoms with Crippen molar-refractivity contribution in [3.8, 4) is 0 Å². The summed E-state index contributed by atoms with van der Waals surface area (Å²) in [7, 11) is 2.25. The molecular weight excluding hydrogens is 246 g/mol. The summed E-state index contributed by atoms with van der Waals surface area (Å²) < 4.78 is 0. The average molecular weight is 269 g/mol. The van der Waals surface area contributed by atoms with Crippen LogP contribution >= 0.6 is 0 Å². The molecule has 20 heavy (non-hydrogen) atoms. The zero-order chi connectivity index (χ0) is 13.7. The van der Waals surface area contributed by atoms with E-state index in [-0.39, 0.29) is 5.92 Å². The number of benzene rings is 1. The lowest BCUT2D eigenvalue weighted by Crippen LogP contribution is -2.51. The third-order valence-electron chi connectivity index (χ3n) is 5.87. The Kier molecular flexibility index (Phi) is 2.95. The molecule has 2 nitrogen and oxygen atoms in total. The number of ketones is 1. The van der Waals surface area contributed by atoms with Crippen LogP contribution in [0.2, 0.25) is 0 Å². The monoisotopic (exact) mass is 269 g/mol. The van der Waals surface area contributed by atoms with Gasteiger partial charge in [0.05, 0.1) is 0 Å². The minimum absolute atomic E-state index is 0.264. The van der Waals surface area contributed by atoms with Gasteiger partial charge in [-0.1, -0.05) is 18.6 Å². The molecule has 2 aliphatic heterocycles. The van der Waals surface area contributed by atoms with E-state index < -0.39 is 0 Å². The van der Waals surface area contributed by atoms with E-state index in [0.717, 1.165) is 24.8 Å². The number of rotatable bonds is 2. The molecule has 3 aliphatic rings. The second-order valence-electron chi connectivity index (χ2n) is 6.92. The highest BCUT2D eigenvalue weighted by Gasteiger charge is 2.38. The highest BCUT2D eigenvalue weighted by atomic mass is 16.1. The van der Waals surface area contributed by atoms with E-state index in [4.69, 9.17) is 0 Å². The topological polar surface area (TPSA) is 20.3 Å². The third-order valence-corrected chi connectivity index (χ3v) is 5.87. The molecule has 1 aliphatic carbocycles. The Hall–Kier alpha value is -1.15. The Balaban J connectivity index is 1.55. The van der Waals surface area contributed by atoms with Crippen molar-refractivity contribution in [3.63, 3.8) is 0 Å². The molecule has 1 aromatic rings. The van der Waals surface area contributed by atoms with E-state index in [1.165, 1.54) is 36.8 Å². The predicted octanol–water partition coefficient (Wildman–Crippen LogP) is 3.23. The van der Waals surface area contributed by atoms with E-state index in [1.807, 2.05) is 0 Å². The Morgan fingerprint density at radius 3 is 2.40 bits per heavy atom. The number of Topliss-reactive ketones (excluding diaryl/α,β-unsaturated/α-hetero) is 1. The SMILES string of the molecule is CN1C2CCCC1CC(C(=O)c1ccc3c(c1)CC3)C2. The summed E-state index contributed by atoms with van der Waals surface area (Å²) in [5.74, 6) is 0.671. The summed E-state index contributed by atoms with van der Waals surface area (Å²) in [5, 5.41) is 0. The molecule has 2 fully saturated rings. The van der Waals surface area contributed by atoms with Gasteiger partial charge in [0.25, 0.3) is 0 Å². The van der Waals surface area contributed by atoms with Crippen LogP contribution in [-0.4, -0.2) is 29.8 Å². The van der Waals surface area contributed by atoms with Crippen LogP contribution in [0, 0.1) is 5.92 Å². The minimum Gasteiger partial charge on any atom is -0.300 e. The lowest BCUT2D eigenvalue weighted by Gasteiger charge is -2.46. The van der Waals surface area contributed by atoms with Crippen molar-refractivity contribution in [2.45, 2.75) is 57.0 Å². The fraction of sp³-hybridized carbons (Fsp3) is 0.611. The van der Waals surface area contributed by atoms with Gasteiger partial charge in [-0.3, -0.25) is 4.79 Å². The Morgan fingerprint density at radius 2 is 1.80 bits per heavy atom. The van der Waals surface area contributed by atoms with Crippen molar-refractivity contribution in [1.29, 1.82) is 0 Å². The number of fused-ring (bicyclic) bond motifs is 3. The van der Waals surface area contributed by atoms with Crippen molar-refractivity contribution in [2.24, 2.45) is 5.92 Å². The summed E-state index contributed by atoms with van der Waals surface area (Å²) in [5.41, 5.74) is 3.82. The zero-order valence-corrected chi connectivity index (χ0v) is 12.3. The van der Waals surface area contributed by atoms with Crippen molar-refractivity contribution >= 4 is 5.78 Å². The number of nitrogens with zero attached hydrogens (tertiary/aromatic N) is 1. The molecule has 0 N–H and O–H groups in total. The highest BCUT2D eigenvalue weighted by Crippen LogP contribution is 2.37. The molecule has 0 aromatic heterocycles. The first-order valence-corrected chi connectivity index (χ1v) is 8.10. The summed E-state index contributed by atoms with van der Waals surface area (Å²) in [4.78, 5) is 15.3. The Morgan fingerprint density at radius 1 is 1.10 bits per heavy atom. The molecule has 2 atom stereocenters.